The average molecular weight is 292 g/mol. The molecule has 0 atom stereocenters. The number of carbonyl (C=O) groups is 1. The quantitative estimate of drug-likeness (QED) is 0.506. The van der Waals surface area contributed by atoms with Gasteiger partial charge in [-0.15, -0.1) is 0 Å². The Morgan fingerprint density at radius 1 is 0.619 bits per heavy atom. The first-order chi connectivity index (χ1) is 10.4. The summed E-state index contributed by atoms with van der Waals surface area (Å²) in [6, 6.07) is 0. The van der Waals surface area contributed by atoms with E-state index in [4.69, 9.17) is 4.74 Å². The maximum atomic E-state index is 11.4. The molecule has 1 heterocycles. The van der Waals surface area contributed by atoms with Crippen molar-refractivity contribution >= 4 is 5.97 Å². The Labute approximate surface area is 130 Å². The van der Waals surface area contributed by atoms with Crippen LogP contribution in [0.5, 0.6) is 0 Å². The second-order valence-corrected chi connectivity index (χ2v) is 6.03. The molecule has 0 aromatic carbocycles. The minimum Gasteiger partial charge on any atom is -0.432 e. The lowest BCUT2D eigenvalue weighted by atomic mass is 10.0. The predicted molar refractivity (Wildman–Crippen MR) is 89.0 cm³/mol. The Morgan fingerprint density at radius 3 is 1.57 bits per heavy atom. The molecule has 0 spiro atoms. The summed E-state index contributed by atoms with van der Waals surface area (Å²) in [5, 5.41) is 0. The highest BCUT2D eigenvalue weighted by Gasteiger charge is 1.95. The zero-order chi connectivity index (χ0) is 15.0. The Kier molecular flexibility index (Phi) is 11.9. The topological polar surface area (TPSA) is 26.3 Å². The molecule has 0 aromatic rings. The Morgan fingerprint density at radius 2 is 1.05 bits per heavy atom. The second kappa shape index (κ2) is 13.9. The number of esters is 1. The van der Waals surface area contributed by atoms with Crippen molar-refractivity contribution in [2.24, 2.45) is 0 Å². The van der Waals surface area contributed by atoms with Gasteiger partial charge in [-0.05, 0) is 31.8 Å². The minimum absolute atomic E-state index is 0.249. The largest absolute Gasteiger partial charge is 0.432 e. The summed E-state index contributed by atoms with van der Waals surface area (Å²) in [7, 11) is 0. The van der Waals surface area contributed by atoms with Gasteiger partial charge in [0.05, 0.1) is 6.26 Å². The highest BCUT2D eigenvalue weighted by Crippen LogP contribution is 2.13. The third-order valence-corrected chi connectivity index (χ3v) is 4.03. The molecule has 0 unspecified atom stereocenters. The molecule has 21 heavy (non-hydrogen) atoms. The first-order valence-electron chi connectivity index (χ1n) is 8.92. The summed E-state index contributed by atoms with van der Waals surface area (Å²) in [6.07, 6.45) is 25.0. The van der Waals surface area contributed by atoms with Gasteiger partial charge in [0, 0.05) is 6.08 Å². The van der Waals surface area contributed by atoms with Crippen LogP contribution >= 0.6 is 0 Å². The van der Waals surface area contributed by atoms with Crippen molar-refractivity contribution in [1.82, 2.24) is 0 Å². The summed E-state index contributed by atoms with van der Waals surface area (Å²) >= 11 is 0. The van der Waals surface area contributed by atoms with E-state index >= 15 is 0 Å². The van der Waals surface area contributed by atoms with Gasteiger partial charge in [-0.2, -0.15) is 0 Å². The molecule has 2 heteroatoms. The lowest BCUT2D eigenvalue weighted by Gasteiger charge is -2.03. The van der Waals surface area contributed by atoms with Crippen LogP contribution in [0.2, 0.25) is 0 Å². The fourth-order valence-electron chi connectivity index (χ4n) is 2.69. The fraction of sp³-hybridized carbons (Fsp3) is 0.737. The predicted octanol–water partition coefficient (Wildman–Crippen LogP) is 6.07. The lowest BCUT2D eigenvalue weighted by molar-refractivity contribution is -0.132. The highest BCUT2D eigenvalue weighted by atomic mass is 16.5. The summed E-state index contributed by atoms with van der Waals surface area (Å²) in [4.78, 5) is 11.4. The Hall–Kier alpha value is -1.05. The summed E-state index contributed by atoms with van der Waals surface area (Å²) in [5.74, 6) is -0.249. The maximum Gasteiger partial charge on any atom is 0.335 e. The van der Waals surface area contributed by atoms with Crippen molar-refractivity contribution in [3.63, 3.8) is 0 Å². The molecule has 0 aliphatic carbocycles. The highest BCUT2D eigenvalue weighted by molar-refractivity contribution is 5.82. The summed E-state index contributed by atoms with van der Waals surface area (Å²) < 4.78 is 5.02. The SMILES string of the molecule is O=C1/C=C\CCCCCCCCCCCCCC/C=C\O1. The van der Waals surface area contributed by atoms with Crippen molar-refractivity contribution in [3.05, 3.63) is 24.5 Å². The number of hydrogen-bond acceptors (Lipinski definition) is 2. The number of cyclic esters (lactones) is 1. The molecule has 1 aliphatic rings. The Bertz CT molecular complexity index is 305. The molecule has 0 saturated heterocycles. The van der Waals surface area contributed by atoms with Crippen LogP contribution in [0.1, 0.15) is 89.9 Å². The third-order valence-electron chi connectivity index (χ3n) is 4.03. The van der Waals surface area contributed by atoms with E-state index in [1.54, 1.807) is 12.3 Å². The van der Waals surface area contributed by atoms with Crippen LogP contribution in [0.15, 0.2) is 24.5 Å². The van der Waals surface area contributed by atoms with Crippen molar-refractivity contribution in [2.75, 3.05) is 0 Å². The molecule has 0 bridgehead atoms. The van der Waals surface area contributed by atoms with Gasteiger partial charge in [-0.3, -0.25) is 0 Å². The van der Waals surface area contributed by atoms with E-state index in [1.165, 1.54) is 77.0 Å². The van der Waals surface area contributed by atoms with Crippen molar-refractivity contribution in [2.45, 2.75) is 89.9 Å². The fourth-order valence-corrected chi connectivity index (χ4v) is 2.69. The van der Waals surface area contributed by atoms with Gasteiger partial charge in [0.1, 0.15) is 0 Å². The van der Waals surface area contributed by atoms with Crippen LogP contribution in [0.3, 0.4) is 0 Å². The molecule has 1 aliphatic heterocycles. The van der Waals surface area contributed by atoms with E-state index < -0.39 is 0 Å². The van der Waals surface area contributed by atoms with Crippen molar-refractivity contribution in [1.29, 1.82) is 0 Å². The van der Waals surface area contributed by atoms with E-state index in [0.717, 1.165) is 12.8 Å². The molecule has 0 N–H and O–H groups in total. The Balaban J connectivity index is 2.22. The summed E-state index contributed by atoms with van der Waals surface area (Å²) in [6.45, 7) is 0. The molecule has 0 fully saturated rings. The monoisotopic (exact) mass is 292 g/mol. The maximum absolute atomic E-state index is 11.4. The van der Waals surface area contributed by atoms with Gasteiger partial charge in [0.15, 0.2) is 0 Å². The zero-order valence-corrected chi connectivity index (χ0v) is 13.5. The van der Waals surface area contributed by atoms with Crippen molar-refractivity contribution < 1.29 is 9.53 Å². The van der Waals surface area contributed by atoms with Gasteiger partial charge in [-0.1, -0.05) is 70.3 Å². The molecular formula is C19H32O2. The third kappa shape index (κ3) is 12.4. The van der Waals surface area contributed by atoms with Crippen LogP contribution < -0.4 is 0 Å². The average Bonchev–Trinajstić information content (AvgIpc) is 2.48. The van der Waals surface area contributed by atoms with E-state index in [-0.39, 0.29) is 5.97 Å². The molecule has 0 saturated carbocycles. The zero-order valence-electron chi connectivity index (χ0n) is 13.5. The molecule has 0 radical (unpaired) electrons. The minimum atomic E-state index is -0.249. The van der Waals surface area contributed by atoms with Gasteiger partial charge in [-0.25, -0.2) is 4.79 Å². The molecule has 1 rings (SSSR count). The molecule has 120 valence electrons. The van der Waals surface area contributed by atoms with Gasteiger partial charge >= 0.3 is 5.97 Å². The van der Waals surface area contributed by atoms with Gasteiger partial charge in [0.25, 0.3) is 0 Å². The molecule has 0 amide bonds. The van der Waals surface area contributed by atoms with E-state index in [1.807, 2.05) is 12.2 Å². The normalized spacial score (nSPS) is 24.7. The molecule has 2 nitrogen and oxygen atoms in total. The number of rotatable bonds is 0. The van der Waals surface area contributed by atoms with Crippen LogP contribution in [-0.2, 0) is 9.53 Å². The van der Waals surface area contributed by atoms with E-state index in [2.05, 4.69) is 0 Å². The number of allylic oxidation sites excluding steroid dienone is 2. The molecular weight excluding hydrogens is 260 g/mol. The first-order valence-corrected chi connectivity index (χ1v) is 8.92. The smallest absolute Gasteiger partial charge is 0.335 e. The van der Waals surface area contributed by atoms with Crippen LogP contribution in [0, 0.1) is 0 Å². The standard InChI is InChI=1S/C19H32O2/c20-19-17-15-13-11-9-7-5-3-1-2-4-6-8-10-12-14-16-18-21-19/h15-18H,1-14H2/b17-15-,18-16-. The van der Waals surface area contributed by atoms with Crippen LogP contribution in [-0.4, -0.2) is 5.97 Å². The van der Waals surface area contributed by atoms with Crippen molar-refractivity contribution in [3.8, 4) is 0 Å². The summed E-state index contributed by atoms with van der Waals surface area (Å²) in [5.41, 5.74) is 0. The number of hydrogen-bond donors (Lipinski definition) is 0. The van der Waals surface area contributed by atoms with Gasteiger partial charge < -0.3 is 4.74 Å². The molecule has 0 aromatic heterocycles. The van der Waals surface area contributed by atoms with Gasteiger partial charge in [0.2, 0.25) is 0 Å². The second-order valence-electron chi connectivity index (χ2n) is 6.03. The van der Waals surface area contributed by atoms with E-state index in [0.29, 0.717) is 0 Å². The number of carbonyl (C=O) groups excluding carboxylic acids is 1. The van der Waals surface area contributed by atoms with Crippen LogP contribution in [0.25, 0.3) is 0 Å². The van der Waals surface area contributed by atoms with E-state index in [9.17, 15) is 4.79 Å². The van der Waals surface area contributed by atoms with Crippen LogP contribution in [0.4, 0.5) is 0 Å². The number of ether oxygens (including phenoxy) is 1. The first kappa shape index (κ1) is 18.0. The lowest BCUT2D eigenvalue weighted by Crippen LogP contribution is -1.93.